The second-order valence-corrected chi connectivity index (χ2v) is 4.47. The Kier molecular flexibility index (Phi) is 3.96. The molecular weight excluding hydrogens is 202 g/mol. The monoisotopic (exact) mass is 223 g/mol. The Bertz CT molecular complexity index is 324. The lowest BCUT2D eigenvalue weighted by molar-refractivity contribution is 0.0821. The highest BCUT2D eigenvalue weighted by Gasteiger charge is 2.22. The lowest BCUT2D eigenvalue weighted by atomic mass is 10.0. The highest BCUT2D eigenvalue weighted by molar-refractivity contribution is 4.99. The summed E-state index contributed by atoms with van der Waals surface area (Å²) in [6, 6.07) is 0.342. The van der Waals surface area contributed by atoms with Gasteiger partial charge in [0.2, 0.25) is 0 Å². The van der Waals surface area contributed by atoms with Gasteiger partial charge in [-0.2, -0.15) is 0 Å². The van der Waals surface area contributed by atoms with Gasteiger partial charge in [0, 0.05) is 25.3 Å². The van der Waals surface area contributed by atoms with E-state index in [-0.39, 0.29) is 6.61 Å². The summed E-state index contributed by atoms with van der Waals surface area (Å²) in [4.78, 5) is 6.56. The molecule has 0 aromatic carbocycles. The standard InChI is InChI=1S/C12H21N3O/c1-2-14-10-13-7-12(14)8-15-6-4-3-5-11(15)9-16/h7,10-11,16H,2-6,8-9H2,1H3. The Hall–Kier alpha value is -0.870. The number of nitrogens with zero attached hydrogens (tertiary/aromatic N) is 3. The molecule has 1 aliphatic rings. The first kappa shape index (κ1) is 11.6. The zero-order valence-electron chi connectivity index (χ0n) is 9.97. The predicted molar refractivity (Wildman–Crippen MR) is 63.0 cm³/mol. The highest BCUT2D eigenvalue weighted by Crippen LogP contribution is 2.19. The van der Waals surface area contributed by atoms with Gasteiger partial charge in [0.1, 0.15) is 0 Å². The number of aromatic nitrogens is 2. The minimum absolute atomic E-state index is 0.278. The fourth-order valence-electron chi connectivity index (χ4n) is 2.45. The zero-order valence-corrected chi connectivity index (χ0v) is 9.97. The number of aryl methyl sites for hydroxylation is 1. The van der Waals surface area contributed by atoms with Crippen molar-refractivity contribution in [3.8, 4) is 0 Å². The van der Waals surface area contributed by atoms with Crippen molar-refractivity contribution in [2.75, 3.05) is 13.2 Å². The van der Waals surface area contributed by atoms with Crippen molar-refractivity contribution in [2.24, 2.45) is 0 Å². The summed E-state index contributed by atoms with van der Waals surface area (Å²) < 4.78 is 2.17. The van der Waals surface area contributed by atoms with E-state index in [9.17, 15) is 5.11 Å². The van der Waals surface area contributed by atoms with Gasteiger partial charge in [0.15, 0.2) is 0 Å². The molecule has 1 unspecified atom stereocenters. The summed E-state index contributed by atoms with van der Waals surface area (Å²) in [5.74, 6) is 0. The van der Waals surface area contributed by atoms with Crippen LogP contribution in [0.1, 0.15) is 31.9 Å². The highest BCUT2D eigenvalue weighted by atomic mass is 16.3. The van der Waals surface area contributed by atoms with Crippen LogP contribution in [0.5, 0.6) is 0 Å². The third-order valence-corrected chi connectivity index (χ3v) is 3.46. The van der Waals surface area contributed by atoms with Gasteiger partial charge in [-0.05, 0) is 26.3 Å². The average molecular weight is 223 g/mol. The van der Waals surface area contributed by atoms with Gasteiger partial charge in [0.05, 0.1) is 18.6 Å². The number of rotatable bonds is 4. The molecule has 0 spiro atoms. The van der Waals surface area contributed by atoms with Crippen molar-refractivity contribution in [2.45, 2.75) is 45.3 Å². The predicted octanol–water partition coefficient (Wildman–Crippen LogP) is 1.25. The Morgan fingerprint density at radius 1 is 1.50 bits per heavy atom. The Balaban J connectivity index is 2.02. The molecule has 1 aromatic heterocycles. The van der Waals surface area contributed by atoms with Crippen LogP contribution >= 0.6 is 0 Å². The number of hydrogen-bond acceptors (Lipinski definition) is 3. The van der Waals surface area contributed by atoms with E-state index in [1.807, 2.05) is 12.5 Å². The third-order valence-electron chi connectivity index (χ3n) is 3.46. The van der Waals surface area contributed by atoms with E-state index in [0.717, 1.165) is 26.1 Å². The first-order valence-corrected chi connectivity index (χ1v) is 6.19. The second kappa shape index (κ2) is 5.46. The molecule has 1 N–H and O–H groups in total. The molecule has 1 fully saturated rings. The average Bonchev–Trinajstić information content (AvgIpc) is 2.77. The van der Waals surface area contributed by atoms with Crippen LogP contribution in [0, 0.1) is 0 Å². The Labute approximate surface area is 96.9 Å². The maximum Gasteiger partial charge on any atom is 0.0948 e. The SMILES string of the molecule is CCn1cncc1CN1CCCCC1CO. The zero-order chi connectivity index (χ0) is 11.4. The molecule has 16 heavy (non-hydrogen) atoms. The van der Waals surface area contributed by atoms with Gasteiger partial charge in [-0.15, -0.1) is 0 Å². The smallest absolute Gasteiger partial charge is 0.0948 e. The van der Waals surface area contributed by atoms with Crippen molar-refractivity contribution in [1.29, 1.82) is 0 Å². The maximum absolute atomic E-state index is 9.35. The number of aliphatic hydroxyl groups is 1. The molecule has 0 aliphatic carbocycles. The van der Waals surface area contributed by atoms with E-state index < -0.39 is 0 Å². The van der Waals surface area contributed by atoms with E-state index >= 15 is 0 Å². The normalized spacial score (nSPS) is 22.5. The minimum Gasteiger partial charge on any atom is -0.395 e. The maximum atomic E-state index is 9.35. The van der Waals surface area contributed by atoms with Crippen molar-refractivity contribution >= 4 is 0 Å². The first-order valence-electron chi connectivity index (χ1n) is 6.19. The number of likely N-dealkylation sites (tertiary alicyclic amines) is 1. The van der Waals surface area contributed by atoms with E-state index in [0.29, 0.717) is 6.04 Å². The molecule has 0 bridgehead atoms. The third kappa shape index (κ3) is 2.44. The fraction of sp³-hybridized carbons (Fsp3) is 0.750. The Morgan fingerprint density at radius 3 is 3.12 bits per heavy atom. The Morgan fingerprint density at radius 2 is 2.38 bits per heavy atom. The molecule has 90 valence electrons. The molecule has 0 amide bonds. The van der Waals surface area contributed by atoms with Gasteiger partial charge in [0.25, 0.3) is 0 Å². The molecule has 1 atom stereocenters. The second-order valence-electron chi connectivity index (χ2n) is 4.47. The molecule has 4 nitrogen and oxygen atoms in total. The fourth-order valence-corrected chi connectivity index (χ4v) is 2.45. The molecule has 4 heteroatoms. The molecule has 0 saturated carbocycles. The lowest BCUT2D eigenvalue weighted by Gasteiger charge is -2.34. The van der Waals surface area contributed by atoms with Gasteiger partial charge in [-0.25, -0.2) is 4.98 Å². The summed E-state index contributed by atoms with van der Waals surface area (Å²) in [7, 11) is 0. The van der Waals surface area contributed by atoms with Crippen LogP contribution in [0.15, 0.2) is 12.5 Å². The van der Waals surface area contributed by atoms with Gasteiger partial charge in [-0.3, -0.25) is 4.90 Å². The topological polar surface area (TPSA) is 41.3 Å². The van der Waals surface area contributed by atoms with Crippen LogP contribution in [0.25, 0.3) is 0 Å². The van der Waals surface area contributed by atoms with Crippen LogP contribution in [-0.4, -0.2) is 38.8 Å². The summed E-state index contributed by atoms with van der Waals surface area (Å²) >= 11 is 0. The lowest BCUT2D eigenvalue weighted by Crippen LogP contribution is -2.41. The number of piperidine rings is 1. The van der Waals surface area contributed by atoms with Gasteiger partial charge < -0.3 is 9.67 Å². The van der Waals surface area contributed by atoms with Crippen LogP contribution in [0.2, 0.25) is 0 Å². The van der Waals surface area contributed by atoms with Crippen LogP contribution in [-0.2, 0) is 13.1 Å². The first-order chi connectivity index (χ1) is 7.85. The minimum atomic E-state index is 0.278. The summed E-state index contributed by atoms with van der Waals surface area (Å²) in [5, 5.41) is 9.35. The van der Waals surface area contributed by atoms with E-state index in [1.165, 1.54) is 18.5 Å². The summed E-state index contributed by atoms with van der Waals surface area (Å²) in [6.45, 7) is 5.39. The molecule has 2 heterocycles. The molecule has 1 saturated heterocycles. The van der Waals surface area contributed by atoms with Crippen molar-refractivity contribution < 1.29 is 5.11 Å². The van der Waals surface area contributed by atoms with E-state index in [4.69, 9.17) is 0 Å². The number of imidazole rings is 1. The quantitative estimate of drug-likeness (QED) is 0.835. The molecular formula is C12H21N3O. The van der Waals surface area contributed by atoms with Gasteiger partial charge >= 0.3 is 0 Å². The van der Waals surface area contributed by atoms with E-state index in [1.54, 1.807) is 0 Å². The summed E-state index contributed by atoms with van der Waals surface area (Å²) in [5.41, 5.74) is 1.25. The van der Waals surface area contributed by atoms with E-state index in [2.05, 4.69) is 21.4 Å². The molecule has 1 aliphatic heterocycles. The van der Waals surface area contributed by atoms with Crippen LogP contribution in [0.4, 0.5) is 0 Å². The van der Waals surface area contributed by atoms with Crippen LogP contribution < -0.4 is 0 Å². The van der Waals surface area contributed by atoms with Crippen molar-refractivity contribution in [1.82, 2.24) is 14.5 Å². The molecule has 1 aromatic rings. The number of hydrogen-bond donors (Lipinski definition) is 1. The number of aliphatic hydroxyl groups excluding tert-OH is 1. The largest absolute Gasteiger partial charge is 0.395 e. The molecule has 2 rings (SSSR count). The van der Waals surface area contributed by atoms with Crippen molar-refractivity contribution in [3.05, 3.63) is 18.2 Å². The summed E-state index contributed by atoms with van der Waals surface area (Å²) in [6.07, 6.45) is 7.43. The molecule has 0 radical (unpaired) electrons. The van der Waals surface area contributed by atoms with Gasteiger partial charge in [-0.1, -0.05) is 6.42 Å². The van der Waals surface area contributed by atoms with Crippen molar-refractivity contribution in [3.63, 3.8) is 0 Å². The van der Waals surface area contributed by atoms with Crippen LogP contribution in [0.3, 0.4) is 0 Å².